The average Bonchev–Trinajstić information content (AvgIpc) is 2.27. The molecule has 0 amide bonds. The van der Waals surface area contributed by atoms with E-state index in [4.69, 9.17) is 5.73 Å². The van der Waals surface area contributed by atoms with E-state index >= 15 is 0 Å². The van der Waals surface area contributed by atoms with Gasteiger partial charge in [-0.2, -0.15) is 11.8 Å². The fourth-order valence-electron chi connectivity index (χ4n) is 2.32. The lowest BCUT2D eigenvalue weighted by molar-refractivity contribution is 0.241. The van der Waals surface area contributed by atoms with E-state index in [1.54, 1.807) is 0 Å². The van der Waals surface area contributed by atoms with Crippen LogP contribution in [-0.4, -0.2) is 66.5 Å². The number of piperidine rings is 1. The highest BCUT2D eigenvalue weighted by atomic mass is 32.2. The number of hydrogen-bond acceptors (Lipinski definition) is 3. The molecule has 2 aliphatic rings. The Morgan fingerprint density at radius 1 is 1.29 bits per heavy atom. The zero-order valence-electron chi connectivity index (χ0n) is 11.0. The van der Waals surface area contributed by atoms with Gasteiger partial charge >= 0.3 is 0 Å². The molecule has 98 valence electrons. The fourth-order valence-corrected chi connectivity index (χ4v) is 3.11. The van der Waals surface area contributed by atoms with Crippen LogP contribution in [0.1, 0.15) is 19.3 Å². The molecule has 0 bridgehead atoms. The summed E-state index contributed by atoms with van der Waals surface area (Å²) in [5.41, 5.74) is 5.99. The third-order valence-electron chi connectivity index (χ3n) is 4.04. The number of rotatable bonds is 3. The van der Waals surface area contributed by atoms with Crippen molar-refractivity contribution in [3.05, 3.63) is 0 Å². The molecule has 0 atom stereocenters. The van der Waals surface area contributed by atoms with Crippen LogP contribution in [0.2, 0.25) is 0 Å². The van der Waals surface area contributed by atoms with Crippen molar-refractivity contribution in [2.24, 2.45) is 10.7 Å². The van der Waals surface area contributed by atoms with Crippen LogP contribution >= 0.6 is 11.8 Å². The number of nitrogens with two attached hydrogens (primary N) is 1. The second kappa shape index (κ2) is 5.48. The number of likely N-dealkylation sites (tertiary alicyclic amines) is 2. The monoisotopic (exact) mass is 256 g/mol. The predicted molar refractivity (Wildman–Crippen MR) is 75.7 cm³/mol. The van der Waals surface area contributed by atoms with Gasteiger partial charge in [0.05, 0.1) is 6.54 Å². The smallest absolute Gasteiger partial charge is 0.191 e. The first kappa shape index (κ1) is 13.0. The topological polar surface area (TPSA) is 44.9 Å². The van der Waals surface area contributed by atoms with Gasteiger partial charge in [0, 0.05) is 17.8 Å². The van der Waals surface area contributed by atoms with E-state index in [2.05, 4.69) is 28.1 Å². The van der Waals surface area contributed by atoms with Crippen LogP contribution in [0, 0.1) is 0 Å². The Bertz CT molecular complexity index is 280. The molecule has 0 unspecified atom stereocenters. The molecule has 4 nitrogen and oxygen atoms in total. The lowest BCUT2D eigenvalue weighted by Gasteiger charge is -2.39. The molecule has 0 aromatic carbocycles. The first-order valence-corrected chi connectivity index (χ1v) is 7.66. The maximum Gasteiger partial charge on any atom is 0.191 e. The summed E-state index contributed by atoms with van der Waals surface area (Å²) in [5.74, 6) is 0.753. The summed E-state index contributed by atoms with van der Waals surface area (Å²) in [6, 6.07) is 0. The van der Waals surface area contributed by atoms with Crippen LogP contribution in [0.5, 0.6) is 0 Å². The minimum Gasteiger partial charge on any atom is -0.370 e. The SMILES string of the molecule is CSC1(CN=C(N)N2CCC2)CCN(C)CC1. The van der Waals surface area contributed by atoms with E-state index in [9.17, 15) is 0 Å². The largest absolute Gasteiger partial charge is 0.370 e. The summed E-state index contributed by atoms with van der Waals surface area (Å²) in [6.07, 6.45) is 5.91. The van der Waals surface area contributed by atoms with E-state index < -0.39 is 0 Å². The molecule has 0 saturated carbocycles. The molecular weight excluding hydrogens is 232 g/mol. The summed E-state index contributed by atoms with van der Waals surface area (Å²) < 4.78 is 0.321. The highest BCUT2D eigenvalue weighted by Crippen LogP contribution is 2.34. The van der Waals surface area contributed by atoms with Gasteiger partial charge in [0.25, 0.3) is 0 Å². The van der Waals surface area contributed by atoms with Gasteiger partial charge in [0.15, 0.2) is 5.96 Å². The van der Waals surface area contributed by atoms with E-state index in [0.29, 0.717) is 4.75 Å². The molecule has 0 radical (unpaired) electrons. The first-order valence-electron chi connectivity index (χ1n) is 6.44. The van der Waals surface area contributed by atoms with Gasteiger partial charge in [-0.05, 0) is 45.7 Å². The highest BCUT2D eigenvalue weighted by Gasteiger charge is 2.33. The lowest BCUT2D eigenvalue weighted by atomic mass is 9.96. The summed E-state index contributed by atoms with van der Waals surface area (Å²) in [7, 11) is 2.20. The zero-order valence-corrected chi connectivity index (χ0v) is 11.8. The average molecular weight is 256 g/mol. The molecular formula is C12H24N4S. The third kappa shape index (κ3) is 3.07. The van der Waals surface area contributed by atoms with E-state index in [1.165, 1.54) is 32.4 Å². The van der Waals surface area contributed by atoms with Crippen LogP contribution in [0.25, 0.3) is 0 Å². The first-order chi connectivity index (χ1) is 8.15. The normalized spacial score (nSPS) is 25.8. The van der Waals surface area contributed by atoms with Crippen molar-refractivity contribution in [2.75, 3.05) is 46.0 Å². The Labute approximate surface area is 109 Å². The molecule has 2 aliphatic heterocycles. The maximum atomic E-state index is 5.99. The number of thioether (sulfide) groups is 1. The van der Waals surface area contributed by atoms with Gasteiger partial charge in [-0.15, -0.1) is 0 Å². The van der Waals surface area contributed by atoms with Crippen molar-refractivity contribution in [1.82, 2.24) is 9.80 Å². The van der Waals surface area contributed by atoms with E-state index in [-0.39, 0.29) is 0 Å². The van der Waals surface area contributed by atoms with Crippen LogP contribution in [0.3, 0.4) is 0 Å². The molecule has 17 heavy (non-hydrogen) atoms. The van der Waals surface area contributed by atoms with Gasteiger partial charge < -0.3 is 15.5 Å². The molecule has 0 aromatic rings. The molecule has 0 aliphatic carbocycles. The van der Waals surface area contributed by atoms with E-state index in [0.717, 1.165) is 25.6 Å². The molecule has 5 heteroatoms. The summed E-state index contributed by atoms with van der Waals surface area (Å²) in [6.45, 7) is 5.42. The molecule has 2 fully saturated rings. The van der Waals surface area contributed by atoms with Crippen molar-refractivity contribution in [2.45, 2.75) is 24.0 Å². The van der Waals surface area contributed by atoms with Gasteiger partial charge in [-0.3, -0.25) is 4.99 Å². The van der Waals surface area contributed by atoms with Crippen LogP contribution in [0.4, 0.5) is 0 Å². The van der Waals surface area contributed by atoms with Crippen molar-refractivity contribution in [3.8, 4) is 0 Å². The number of guanidine groups is 1. The second-order valence-corrected chi connectivity index (χ2v) is 6.48. The molecule has 0 spiro atoms. The second-order valence-electron chi connectivity index (χ2n) is 5.21. The van der Waals surface area contributed by atoms with Crippen molar-refractivity contribution in [1.29, 1.82) is 0 Å². The molecule has 2 rings (SSSR count). The highest BCUT2D eigenvalue weighted by molar-refractivity contribution is 8.00. The van der Waals surface area contributed by atoms with Gasteiger partial charge in [-0.1, -0.05) is 0 Å². The summed E-state index contributed by atoms with van der Waals surface area (Å²) in [5, 5.41) is 0. The van der Waals surface area contributed by atoms with Crippen LogP contribution in [-0.2, 0) is 0 Å². The quantitative estimate of drug-likeness (QED) is 0.600. The summed E-state index contributed by atoms with van der Waals surface area (Å²) in [4.78, 5) is 9.19. The van der Waals surface area contributed by atoms with E-state index in [1.807, 2.05) is 11.8 Å². The Hall–Kier alpha value is -0.420. The van der Waals surface area contributed by atoms with Crippen molar-refractivity contribution in [3.63, 3.8) is 0 Å². The van der Waals surface area contributed by atoms with Crippen molar-refractivity contribution < 1.29 is 0 Å². The van der Waals surface area contributed by atoms with Crippen LogP contribution in [0.15, 0.2) is 4.99 Å². The third-order valence-corrected chi connectivity index (χ3v) is 5.44. The van der Waals surface area contributed by atoms with Gasteiger partial charge in [0.2, 0.25) is 0 Å². The Kier molecular flexibility index (Phi) is 4.20. The Morgan fingerprint density at radius 2 is 1.94 bits per heavy atom. The number of nitrogens with zero attached hydrogens (tertiary/aromatic N) is 3. The fraction of sp³-hybridized carbons (Fsp3) is 0.917. The standard InChI is InChI=1S/C12H24N4S/c1-15-8-4-12(17-2,5-9-15)10-14-11(13)16-6-3-7-16/h3-10H2,1-2H3,(H2,13,14). The Morgan fingerprint density at radius 3 is 2.41 bits per heavy atom. The molecule has 2 heterocycles. The minimum absolute atomic E-state index is 0.321. The maximum absolute atomic E-state index is 5.99. The van der Waals surface area contributed by atoms with Crippen LogP contribution < -0.4 is 5.73 Å². The number of hydrogen-bond donors (Lipinski definition) is 1. The molecule has 2 N–H and O–H groups in total. The minimum atomic E-state index is 0.321. The predicted octanol–water partition coefficient (Wildman–Crippen LogP) is 0.834. The zero-order chi connectivity index (χ0) is 12.3. The number of aliphatic imine (C=N–C) groups is 1. The van der Waals surface area contributed by atoms with Crippen molar-refractivity contribution >= 4 is 17.7 Å². The lowest BCUT2D eigenvalue weighted by Crippen LogP contribution is -2.48. The molecule has 0 aromatic heterocycles. The Balaban J connectivity index is 1.90. The van der Waals surface area contributed by atoms with Gasteiger partial charge in [-0.25, -0.2) is 0 Å². The van der Waals surface area contributed by atoms with Gasteiger partial charge in [0.1, 0.15) is 0 Å². The summed E-state index contributed by atoms with van der Waals surface area (Å²) >= 11 is 1.97. The molecule has 2 saturated heterocycles.